The van der Waals surface area contributed by atoms with Crippen LogP contribution in [0.15, 0.2) is 24.3 Å². The fourth-order valence-electron chi connectivity index (χ4n) is 2.62. The Balaban J connectivity index is 2.01. The third-order valence-corrected chi connectivity index (χ3v) is 5.17. The lowest BCUT2D eigenvalue weighted by Crippen LogP contribution is -2.18. The Bertz CT molecular complexity index is 417. The Morgan fingerprint density at radius 2 is 2.28 bits per heavy atom. The van der Waals surface area contributed by atoms with Crippen LogP contribution < -0.4 is 0 Å². The average Bonchev–Trinajstić information content (AvgIpc) is 2.39. The summed E-state index contributed by atoms with van der Waals surface area (Å²) in [6.45, 7) is 1.95. The molecule has 3 heteroatoms. The number of aliphatic carboxylic acids is 1. The predicted octanol–water partition coefficient (Wildman–Crippen LogP) is 3.70. The van der Waals surface area contributed by atoms with Crippen LogP contribution >= 0.6 is 11.8 Å². The van der Waals surface area contributed by atoms with E-state index in [2.05, 4.69) is 24.3 Å². The van der Waals surface area contributed by atoms with E-state index in [0.717, 1.165) is 5.75 Å². The SMILES string of the molecule is CCC(SCC1CCCc2ccccc21)C(=O)O. The minimum atomic E-state index is -0.674. The molecule has 0 heterocycles. The van der Waals surface area contributed by atoms with Crippen LogP contribution in [0.5, 0.6) is 0 Å². The Hall–Kier alpha value is -0.960. The molecule has 0 bridgehead atoms. The summed E-state index contributed by atoms with van der Waals surface area (Å²) in [5.74, 6) is 0.793. The van der Waals surface area contributed by atoms with E-state index in [9.17, 15) is 4.79 Å². The molecule has 1 aromatic rings. The normalized spacial score (nSPS) is 20.2. The van der Waals surface area contributed by atoms with Gasteiger partial charge in [0.1, 0.15) is 5.25 Å². The van der Waals surface area contributed by atoms with E-state index in [1.807, 2.05) is 6.92 Å². The van der Waals surface area contributed by atoms with Crippen LogP contribution in [0.2, 0.25) is 0 Å². The van der Waals surface area contributed by atoms with Gasteiger partial charge in [-0.2, -0.15) is 0 Å². The number of aryl methyl sites for hydroxylation is 1. The molecule has 0 radical (unpaired) electrons. The minimum absolute atomic E-state index is 0.251. The van der Waals surface area contributed by atoms with Crippen LogP contribution in [-0.2, 0) is 11.2 Å². The van der Waals surface area contributed by atoms with E-state index in [1.54, 1.807) is 11.8 Å². The maximum Gasteiger partial charge on any atom is 0.316 e. The summed E-state index contributed by atoms with van der Waals surface area (Å²) in [6, 6.07) is 8.61. The van der Waals surface area contributed by atoms with Crippen molar-refractivity contribution >= 4 is 17.7 Å². The number of rotatable bonds is 5. The number of benzene rings is 1. The third-order valence-electron chi connectivity index (χ3n) is 3.64. The molecule has 2 rings (SSSR count). The number of carbonyl (C=O) groups is 1. The van der Waals surface area contributed by atoms with Crippen LogP contribution in [0, 0.1) is 0 Å². The average molecular weight is 264 g/mol. The highest BCUT2D eigenvalue weighted by atomic mass is 32.2. The molecule has 0 aliphatic heterocycles. The number of carboxylic acids is 1. The van der Waals surface area contributed by atoms with E-state index in [4.69, 9.17) is 5.11 Å². The van der Waals surface area contributed by atoms with Crippen LogP contribution in [-0.4, -0.2) is 22.1 Å². The fraction of sp³-hybridized carbons (Fsp3) is 0.533. The van der Waals surface area contributed by atoms with E-state index >= 15 is 0 Å². The van der Waals surface area contributed by atoms with Gasteiger partial charge < -0.3 is 5.11 Å². The van der Waals surface area contributed by atoms with Crippen LogP contribution in [0.3, 0.4) is 0 Å². The van der Waals surface area contributed by atoms with E-state index in [-0.39, 0.29) is 5.25 Å². The van der Waals surface area contributed by atoms with E-state index in [1.165, 1.54) is 30.4 Å². The number of fused-ring (bicyclic) bond motifs is 1. The first-order chi connectivity index (χ1) is 8.72. The van der Waals surface area contributed by atoms with E-state index in [0.29, 0.717) is 12.3 Å². The predicted molar refractivity (Wildman–Crippen MR) is 76.3 cm³/mol. The quantitative estimate of drug-likeness (QED) is 0.881. The summed E-state index contributed by atoms with van der Waals surface area (Å²) in [5, 5.41) is 8.83. The van der Waals surface area contributed by atoms with Gasteiger partial charge in [0.05, 0.1) is 0 Å². The zero-order valence-corrected chi connectivity index (χ0v) is 11.6. The monoisotopic (exact) mass is 264 g/mol. The van der Waals surface area contributed by atoms with Crippen molar-refractivity contribution < 1.29 is 9.90 Å². The first-order valence-corrected chi connectivity index (χ1v) is 7.69. The maximum atomic E-state index is 11.0. The Morgan fingerprint density at radius 3 is 3.00 bits per heavy atom. The Labute approximate surface area is 113 Å². The summed E-state index contributed by atoms with van der Waals surface area (Å²) < 4.78 is 0. The number of hydrogen-bond donors (Lipinski definition) is 1. The van der Waals surface area contributed by atoms with Crippen molar-refractivity contribution in [3.05, 3.63) is 35.4 Å². The van der Waals surface area contributed by atoms with Crippen LogP contribution in [0.1, 0.15) is 43.2 Å². The van der Waals surface area contributed by atoms with Crippen molar-refractivity contribution in [2.45, 2.75) is 43.8 Å². The van der Waals surface area contributed by atoms with Crippen LogP contribution in [0.4, 0.5) is 0 Å². The highest BCUT2D eigenvalue weighted by Gasteiger charge is 2.23. The smallest absolute Gasteiger partial charge is 0.316 e. The van der Waals surface area contributed by atoms with Gasteiger partial charge >= 0.3 is 5.97 Å². The van der Waals surface area contributed by atoms with Gasteiger partial charge in [0.25, 0.3) is 0 Å². The van der Waals surface area contributed by atoms with Gasteiger partial charge in [0.15, 0.2) is 0 Å². The molecule has 1 aromatic carbocycles. The Morgan fingerprint density at radius 1 is 1.50 bits per heavy atom. The lowest BCUT2D eigenvalue weighted by atomic mass is 9.84. The molecule has 0 spiro atoms. The van der Waals surface area contributed by atoms with Crippen molar-refractivity contribution in [1.82, 2.24) is 0 Å². The van der Waals surface area contributed by atoms with Crippen molar-refractivity contribution in [2.75, 3.05) is 5.75 Å². The molecule has 0 saturated heterocycles. The topological polar surface area (TPSA) is 37.3 Å². The van der Waals surface area contributed by atoms with Gasteiger partial charge in [-0.25, -0.2) is 0 Å². The highest BCUT2D eigenvalue weighted by molar-refractivity contribution is 8.00. The molecule has 0 aromatic heterocycles. The van der Waals surface area contributed by atoms with E-state index < -0.39 is 5.97 Å². The lowest BCUT2D eigenvalue weighted by Gasteiger charge is -2.26. The standard InChI is InChI=1S/C15H20O2S/c1-2-14(15(16)17)18-10-12-8-5-7-11-6-3-4-9-13(11)12/h3-4,6,9,12,14H,2,5,7-8,10H2,1H3,(H,16,17). The lowest BCUT2D eigenvalue weighted by molar-refractivity contribution is -0.136. The summed E-state index contributed by atoms with van der Waals surface area (Å²) in [7, 11) is 0. The van der Waals surface area contributed by atoms with Gasteiger partial charge in [-0.15, -0.1) is 11.8 Å². The first kappa shape index (κ1) is 13.5. The molecule has 2 atom stereocenters. The molecular weight excluding hydrogens is 244 g/mol. The van der Waals surface area contributed by atoms with Crippen molar-refractivity contribution in [3.63, 3.8) is 0 Å². The van der Waals surface area contributed by atoms with Gasteiger partial charge in [0, 0.05) is 5.75 Å². The first-order valence-electron chi connectivity index (χ1n) is 6.64. The molecule has 98 valence electrons. The second-order valence-corrected chi connectivity index (χ2v) is 6.09. The fourth-order valence-corrected chi connectivity index (χ4v) is 3.81. The summed E-state index contributed by atoms with van der Waals surface area (Å²) in [6.07, 6.45) is 4.30. The molecule has 1 N–H and O–H groups in total. The number of carboxylic acid groups (broad SMARTS) is 1. The molecule has 0 amide bonds. The van der Waals surface area contributed by atoms with Gasteiger partial charge in [-0.05, 0) is 42.7 Å². The van der Waals surface area contributed by atoms with Gasteiger partial charge in [-0.1, -0.05) is 31.2 Å². The minimum Gasteiger partial charge on any atom is -0.480 e. The van der Waals surface area contributed by atoms with Crippen LogP contribution in [0.25, 0.3) is 0 Å². The zero-order chi connectivity index (χ0) is 13.0. The van der Waals surface area contributed by atoms with Gasteiger partial charge in [0.2, 0.25) is 0 Å². The second-order valence-electron chi connectivity index (χ2n) is 4.86. The molecule has 1 aliphatic rings. The van der Waals surface area contributed by atoms with Crippen molar-refractivity contribution in [3.8, 4) is 0 Å². The zero-order valence-electron chi connectivity index (χ0n) is 10.8. The molecule has 0 saturated carbocycles. The summed E-state index contributed by atoms with van der Waals surface area (Å²) >= 11 is 1.60. The maximum absolute atomic E-state index is 11.0. The molecule has 1 aliphatic carbocycles. The van der Waals surface area contributed by atoms with Gasteiger partial charge in [-0.3, -0.25) is 4.79 Å². The largest absolute Gasteiger partial charge is 0.480 e. The highest BCUT2D eigenvalue weighted by Crippen LogP contribution is 2.35. The molecular formula is C15H20O2S. The van der Waals surface area contributed by atoms with Crippen molar-refractivity contribution in [2.24, 2.45) is 0 Å². The second kappa shape index (κ2) is 6.28. The Kier molecular flexibility index (Phi) is 4.70. The number of thioether (sulfide) groups is 1. The summed E-state index contributed by atoms with van der Waals surface area (Å²) in [4.78, 5) is 11.0. The van der Waals surface area contributed by atoms with Crippen molar-refractivity contribution in [1.29, 1.82) is 0 Å². The third kappa shape index (κ3) is 3.08. The molecule has 18 heavy (non-hydrogen) atoms. The molecule has 2 unspecified atom stereocenters. The molecule has 2 nitrogen and oxygen atoms in total. The number of hydrogen-bond acceptors (Lipinski definition) is 2. The summed E-state index contributed by atoms with van der Waals surface area (Å²) in [5.41, 5.74) is 2.90. The molecule has 0 fully saturated rings.